The lowest BCUT2D eigenvalue weighted by atomic mass is 10.2. The van der Waals surface area contributed by atoms with E-state index in [2.05, 4.69) is 0 Å². The number of carbonyl (C=O) groups excluding carboxylic acids is 2. The molecule has 2 amide bonds. The highest BCUT2D eigenvalue weighted by Gasteiger charge is 2.45. The molecule has 1 aromatic rings. The van der Waals surface area contributed by atoms with Gasteiger partial charge in [-0.1, -0.05) is 12.8 Å². The maximum atomic E-state index is 13.1. The van der Waals surface area contributed by atoms with Crippen LogP contribution in [0.1, 0.15) is 38.5 Å². The van der Waals surface area contributed by atoms with E-state index in [9.17, 15) is 22.4 Å². The average molecular weight is 368 g/mol. The molecule has 3 rings (SSSR count). The molecule has 2 fully saturated rings. The van der Waals surface area contributed by atoms with Crippen molar-refractivity contribution in [2.45, 2.75) is 49.5 Å². The van der Waals surface area contributed by atoms with Gasteiger partial charge in [0.1, 0.15) is 11.9 Å². The van der Waals surface area contributed by atoms with Crippen LogP contribution in [0.2, 0.25) is 0 Å². The summed E-state index contributed by atoms with van der Waals surface area (Å²) in [6.45, 7) is 1.18. The molecule has 0 N–H and O–H groups in total. The largest absolute Gasteiger partial charge is 0.341 e. The number of hydrogen-bond donors (Lipinski definition) is 0. The van der Waals surface area contributed by atoms with Crippen LogP contribution in [0, 0.1) is 5.82 Å². The smallest absolute Gasteiger partial charge is 0.267 e. The number of hydrogen-bond acceptors (Lipinski definition) is 4. The van der Waals surface area contributed by atoms with Gasteiger partial charge in [-0.2, -0.15) is 0 Å². The third kappa shape index (κ3) is 3.53. The Bertz CT molecular complexity index is 755. The van der Waals surface area contributed by atoms with Crippen LogP contribution in [0.3, 0.4) is 0 Å². The minimum absolute atomic E-state index is 0.0185. The number of likely N-dealkylation sites (tertiary alicyclic amines) is 1. The van der Waals surface area contributed by atoms with Gasteiger partial charge < -0.3 is 4.90 Å². The molecule has 25 heavy (non-hydrogen) atoms. The first-order valence-corrected chi connectivity index (χ1v) is 9.97. The van der Waals surface area contributed by atoms with Crippen molar-refractivity contribution in [3.63, 3.8) is 0 Å². The van der Waals surface area contributed by atoms with E-state index in [4.69, 9.17) is 0 Å². The molecule has 136 valence electrons. The van der Waals surface area contributed by atoms with E-state index in [1.807, 2.05) is 0 Å². The maximum Gasteiger partial charge on any atom is 0.267 e. The molecule has 0 aromatic heterocycles. The van der Waals surface area contributed by atoms with Gasteiger partial charge in [0.05, 0.1) is 4.90 Å². The molecule has 8 heteroatoms. The van der Waals surface area contributed by atoms with E-state index >= 15 is 0 Å². The lowest BCUT2D eigenvalue weighted by Crippen LogP contribution is -2.49. The molecule has 0 saturated carbocycles. The topological polar surface area (TPSA) is 74.8 Å². The van der Waals surface area contributed by atoms with Crippen LogP contribution in [0.15, 0.2) is 29.2 Å². The second-order valence-corrected chi connectivity index (χ2v) is 8.26. The minimum Gasteiger partial charge on any atom is -0.341 e. The zero-order valence-electron chi connectivity index (χ0n) is 13.9. The molecule has 2 heterocycles. The van der Waals surface area contributed by atoms with Gasteiger partial charge in [-0.05, 0) is 43.5 Å². The predicted octanol–water partition coefficient (Wildman–Crippen LogP) is 1.91. The SMILES string of the molecule is O=C([C@H]1CCC(=O)N1S(=O)(=O)c1ccc(F)cc1)N1CCCCCC1. The summed E-state index contributed by atoms with van der Waals surface area (Å²) in [5.41, 5.74) is 0. The minimum atomic E-state index is -4.18. The van der Waals surface area contributed by atoms with Crippen LogP contribution in [0.25, 0.3) is 0 Å². The number of benzene rings is 1. The Labute approximate surface area is 146 Å². The van der Waals surface area contributed by atoms with Gasteiger partial charge >= 0.3 is 0 Å². The van der Waals surface area contributed by atoms with Crippen LogP contribution < -0.4 is 0 Å². The molecule has 0 unspecified atom stereocenters. The number of rotatable bonds is 3. The van der Waals surface area contributed by atoms with Crippen molar-refractivity contribution in [2.24, 2.45) is 0 Å². The van der Waals surface area contributed by atoms with Gasteiger partial charge in [-0.25, -0.2) is 17.1 Å². The van der Waals surface area contributed by atoms with Crippen LogP contribution >= 0.6 is 0 Å². The van der Waals surface area contributed by atoms with Crippen LogP contribution in [0.4, 0.5) is 4.39 Å². The highest BCUT2D eigenvalue weighted by atomic mass is 32.2. The summed E-state index contributed by atoms with van der Waals surface area (Å²) in [4.78, 5) is 26.6. The van der Waals surface area contributed by atoms with Crippen molar-refractivity contribution < 1.29 is 22.4 Å². The van der Waals surface area contributed by atoms with E-state index < -0.39 is 27.8 Å². The van der Waals surface area contributed by atoms with Gasteiger partial charge in [-0.3, -0.25) is 9.59 Å². The maximum absolute atomic E-state index is 13.1. The zero-order chi connectivity index (χ0) is 18.0. The van der Waals surface area contributed by atoms with E-state index in [0.717, 1.165) is 49.9 Å². The highest BCUT2D eigenvalue weighted by molar-refractivity contribution is 7.89. The summed E-state index contributed by atoms with van der Waals surface area (Å²) in [6.07, 6.45) is 4.07. The molecule has 0 radical (unpaired) electrons. The number of halogens is 1. The van der Waals surface area contributed by atoms with Gasteiger partial charge in [0.2, 0.25) is 11.8 Å². The second kappa shape index (κ2) is 7.11. The van der Waals surface area contributed by atoms with Crippen molar-refractivity contribution in [3.8, 4) is 0 Å². The molecule has 2 aliphatic heterocycles. The van der Waals surface area contributed by atoms with Gasteiger partial charge in [0.25, 0.3) is 10.0 Å². The third-order valence-electron chi connectivity index (χ3n) is 4.73. The van der Waals surface area contributed by atoms with E-state index in [-0.39, 0.29) is 23.6 Å². The normalized spacial score (nSPS) is 22.1. The standard InChI is InChI=1S/C17H21FN2O4S/c18-13-5-7-14(8-6-13)25(23,24)20-15(9-10-16(20)21)17(22)19-11-3-1-2-4-12-19/h5-8,15H,1-4,9-12H2/t15-/m1/s1. The predicted molar refractivity (Wildman–Crippen MR) is 88.5 cm³/mol. The second-order valence-electron chi connectivity index (χ2n) is 6.44. The molecule has 1 atom stereocenters. The number of carbonyl (C=O) groups is 2. The van der Waals surface area contributed by atoms with Crippen molar-refractivity contribution in [2.75, 3.05) is 13.1 Å². The van der Waals surface area contributed by atoms with Crippen LogP contribution in [-0.2, 0) is 19.6 Å². The fourth-order valence-electron chi connectivity index (χ4n) is 3.41. The first-order chi connectivity index (χ1) is 11.9. The summed E-state index contributed by atoms with van der Waals surface area (Å²) in [5, 5.41) is 0. The van der Waals surface area contributed by atoms with Crippen LogP contribution in [-0.4, -0.2) is 48.6 Å². The van der Waals surface area contributed by atoms with Gasteiger partial charge in [-0.15, -0.1) is 0 Å². The molecule has 1 aromatic carbocycles. The van der Waals surface area contributed by atoms with E-state index in [1.54, 1.807) is 4.90 Å². The molecule has 0 bridgehead atoms. The first kappa shape index (κ1) is 17.8. The summed E-state index contributed by atoms with van der Waals surface area (Å²) >= 11 is 0. The quantitative estimate of drug-likeness (QED) is 0.817. The molecule has 2 saturated heterocycles. The lowest BCUT2D eigenvalue weighted by molar-refractivity contribution is -0.137. The van der Waals surface area contributed by atoms with Crippen molar-refractivity contribution in [1.29, 1.82) is 0 Å². The number of amides is 2. The fourth-order valence-corrected chi connectivity index (χ4v) is 5.01. The van der Waals surface area contributed by atoms with Crippen LogP contribution in [0.5, 0.6) is 0 Å². The molecule has 0 aliphatic carbocycles. The van der Waals surface area contributed by atoms with Gasteiger partial charge in [0, 0.05) is 19.5 Å². The first-order valence-electron chi connectivity index (χ1n) is 8.53. The Hall–Kier alpha value is -1.96. The third-order valence-corrected chi connectivity index (χ3v) is 6.58. The highest BCUT2D eigenvalue weighted by Crippen LogP contribution is 2.29. The Morgan fingerprint density at radius 3 is 2.24 bits per heavy atom. The number of sulfonamides is 1. The van der Waals surface area contributed by atoms with Crippen molar-refractivity contribution in [3.05, 3.63) is 30.1 Å². The van der Waals surface area contributed by atoms with E-state index in [1.165, 1.54) is 0 Å². The summed E-state index contributed by atoms with van der Waals surface area (Å²) in [6, 6.07) is 3.28. The zero-order valence-corrected chi connectivity index (χ0v) is 14.7. The molecule has 6 nitrogen and oxygen atoms in total. The summed E-state index contributed by atoms with van der Waals surface area (Å²) in [7, 11) is -4.18. The Kier molecular flexibility index (Phi) is 5.08. The molecule has 0 spiro atoms. The Morgan fingerprint density at radius 1 is 1.04 bits per heavy atom. The lowest BCUT2D eigenvalue weighted by Gasteiger charge is -2.29. The Morgan fingerprint density at radius 2 is 1.64 bits per heavy atom. The van der Waals surface area contributed by atoms with Crippen molar-refractivity contribution in [1.82, 2.24) is 9.21 Å². The summed E-state index contributed by atoms with van der Waals surface area (Å²) in [5.74, 6) is -1.46. The molecular formula is C17H21FN2O4S. The summed E-state index contributed by atoms with van der Waals surface area (Å²) < 4.78 is 39.4. The average Bonchev–Trinajstić information content (AvgIpc) is 2.81. The molecular weight excluding hydrogens is 347 g/mol. The van der Waals surface area contributed by atoms with Gasteiger partial charge in [0.15, 0.2) is 0 Å². The Balaban J connectivity index is 1.88. The van der Waals surface area contributed by atoms with Crippen molar-refractivity contribution >= 4 is 21.8 Å². The number of nitrogens with zero attached hydrogens (tertiary/aromatic N) is 2. The van der Waals surface area contributed by atoms with E-state index in [0.29, 0.717) is 17.4 Å². The monoisotopic (exact) mass is 368 g/mol. The fraction of sp³-hybridized carbons (Fsp3) is 0.529. The molecule has 2 aliphatic rings.